The number of halogens is 3. The van der Waals surface area contributed by atoms with Crippen molar-refractivity contribution in [3.63, 3.8) is 0 Å². The monoisotopic (exact) mass is 561 g/mol. The predicted molar refractivity (Wildman–Crippen MR) is 135 cm³/mol. The standard InChI is InChI=1S/C25H38ClF2N5O5/c1-22(2,3)16(31-21(38)25(26,27)28)20(37)33-10-12-14(24(12,6)7)15(33)19(36)30-13(17(29)34)8-11-9-23(4,5)32-18(11)35/h11-16H,8-10H2,1-7H3,(H2,29,34)(H,30,36)(H,31,38)(H,32,35)/t11?,12-,13-,14-,15-,16+/m0/s1. The lowest BCUT2D eigenvalue weighted by molar-refractivity contribution is -0.148. The molecule has 1 unspecified atom stereocenters. The lowest BCUT2D eigenvalue weighted by Gasteiger charge is -2.38. The molecule has 2 heterocycles. The molecule has 0 radical (unpaired) electrons. The Labute approximate surface area is 226 Å². The zero-order chi connectivity index (χ0) is 29.2. The molecule has 5 N–H and O–H groups in total. The number of hydrogen-bond donors (Lipinski definition) is 4. The number of carbonyl (C=O) groups is 5. The molecule has 6 atom stereocenters. The van der Waals surface area contributed by atoms with Crippen molar-refractivity contribution in [1.29, 1.82) is 0 Å². The van der Waals surface area contributed by atoms with Crippen LogP contribution < -0.4 is 21.7 Å². The Bertz CT molecular complexity index is 1040. The van der Waals surface area contributed by atoms with Crippen LogP contribution >= 0.6 is 11.6 Å². The molecule has 0 aromatic carbocycles. The van der Waals surface area contributed by atoms with Crippen molar-refractivity contribution in [2.24, 2.45) is 34.3 Å². The Morgan fingerprint density at radius 2 is 1.74 bits per heavy atom. The van der Waals surface area contributed by atoms with Gasteiger partial charge in [0, 0.05) is 18.0 Å². The van der Waals surface area contributed by atoms with Gasteiger partial charge < -0.3 is 26.6 Å². The number of carbonyl (C=O) groups excluding carboxylic acids is 5. The molecule has 3 fully saturated rings. The van der Waals surface area contributed by atoms with Gasteiger partial charge >= 0.3 is 11.3 Å². The fraction of sp³-hybridized carbons (Fsp3) is 0.800. The van der Waals surface area contributed by atoms with Gasteiger partial charge in [-0.2, -0.15) is 8.78 Å². The molecule has 214 valence electrons. The number of nitrogens with zero attached hydrogens (tertiary/aromatic N) is 1. The van der Waals surface area contributed by atoms with Crippen LogP contribution in [0.25, 0.3) is 0 Å². The van der Waals surface area contributed by atoms with Crippen LogP contribution in [0.2, 0.25) is 0 Å². The van der Waals surface area contributed by atoms with Gasteiger partial charge in [0.2, 0.25) is 23.6 Å². The van der Waals surface area contributed by atoms with Gasteiger partial charge in [-0.05, 0) is 61.0 Å². The maximum atomic E-state index is 13.7. The summed E-state index contributed by atoms with van der Waals surface area (Å²) in [6.45, 7) is 12.6. The van der Waals surface area contributed by atoms with E-state index in [1.807, 2.05) is 33.0 Å². The molecule has 3 aliphatic rings. The molecule has 1 saturated carbocycles. The van der Waals surface area contributed by atoms with E-state index in [1.54, 1.807) is 20.8 Å². The maximum Gasteiger partial charge on any atom is 0.399 e. The van der Waals surface area contributed by atoms with Gasteiger partial charge in [0.15, 0.2) is 0 Å². The molecule has 0 aromatic rings. The number of amides is 5. The van der Waals surface area contributed by atoms with Crippen LogP contribution in [-0.2, 0) is 24.0 Å². The lowest BCUT2D eigenvalue weighted by atomic mass is 9.85. The van der Waals surface area contributed by atoms with Crippen LogP contribution in [0, 0.1) is 28.6 Å². The van der Waals surface area contributed by atoms with Crippen LogP contribution in [0.5, 0.6) is 0 Å². The van der Waals surface area contributed by atoms with Crippen LogP contribution in [-0.4, -0.2) is 70.0 Å². The molecular weight excluding hydrogens is 524 g/mol. The summed E-state index contributed by atoms with van der Waals surface area (Å²) in [5.41, 5.74) is 3.85. The summed E-state index contributed by atoms with van der Waals surface area (Å²) in [6.07, 6.45) is 0.454. The normalized spacial score (nSPS) is 29.1. The molecule has 2 saturated heterocycles. The summed E-state index contributed by atoms with van der Waals surface area (Å²) in [7, 11) is 0. The van der Waals surface area contributed by atoms with Gasteiger partial charge in [-0.1, -0.05) is 34.6 Å². The van der Waals surface area contributed by atoms with E-state index in [2.05, 4.69) is 10.6 Å². The summed E-state index contributed by atoms with van der Waals surface area (Å²) in [5.74, 6) is -5.03. The second-order valence-electron chi connectivity index (χ2n) is 13.1. The number of likely N-dealkylation sites (tertiary alicyclic amines) is 1. The molecule has 5 amide bonds. The van der Waals surface area contributed by atoms with Crippen molar-refractivity contribution in [3.05, 3.63) is 0 Å². The summed E-state index contributed by atoms with van der Waals surface area (Å²) in [5, 5.41) is 3.31. The number of alkyl halides is 3. The highest BCUT2D eigenvalue weighted by Gasteiger charge is 2.70. The zero-order valence-corrected chi connectivity index (χ0v) is 23.5. The third kappa shape index (κ3) is 5.89. The lowest BCUT2D eigenvalue weighted by Crippen LogP contribution is -2.61. The Hall–Kier alpha value is -2.50. The van der Waals surface area contributed by atoms with Gasteiger partial charge in [0.25, 0.3) is 0 Å². The number of rotatable bonds is 8. The van der Waals surface area contributed by atoms with Crippen molar-refractivity contribution in [1.82, 2.24) is 20.9 Å². The molecular formula is C25H38ClF2N5O5. The van der Waals surface area contributed by atoms with E-state index in [0.29, 0.717) is 6.42 Å². The van der Waals surface area contributed by atoms with E-state index in [0.717, 1.165) is 0 Å². The first kappa shape index (κ1) is 30.0. The highest BCUT2D eigenvalue weighted by molar-refractivity contribution is 6.32. The minimum absolute atomic E-state index is 0.0000302. The average Bonchev–Trinajstić information content (AvgIpc) is 3.03. The van der Waals surface area contributed by atoms with Crippen LogP contribution in [0.4, 0.5) is 8.78 Å². The average molecular weight is 562 g/mol. The largest absolute Gasteiger partial charge is 0.399 e. The van der Waals surface area contributed by atoms with E-state index in [-0.39, 0.29) is 36.1 Å². The fourth-order valence-electron chi connectivity index (χ4n) is 6.01. The van der Waals surface area contributed by atoms with Gasteiger partial charge in [0.1, 0.15) is 18.1 Å². The Balaban J connectivity index is 1.84. The van der Waals surface area contributed by atoms with Crippen molar-refractivity contribution >= 4 is 41.1 Å². The molecule has 1 aliphatic carbocycles. The number of piperidine rings is 1. The maximum absolute atomic E-state index is 13.7. The number of nitrogens with two attached hydrogens (primary N) is 1. The quantitative estimate of drug-likeness (QED) is 0.327. The van der Waals surface area contributed by atoms with Crippen LogP contribution in [0.1, 0.15) is 61.3 Å². The van der Waals surface area contributed by atoms with Crippen molar-refractivity contribution in [2.75, 3.05) is 6.54 Å². The number of hydrogen-bond acceptors (Lipinski definition) is 5. The van der Waals surface area contributed by atoms with Crippen LogP contribution in [0.3, 0.4) is 0 Å². The Morgan fingerprint density at radius 1 is 1.16 bits per heavy atom. The van der Waals surface area contributed by atoms with E-state index in [1.165, 1.54) is 4.90 Å². The van der Waals surface area contributed by atoms with Crippen LogP contribution in [0.15, 0.2) is 0 Å². The molecule has 2 aliphatic heterocycles. The molecule has 0 aromatic heterocycles. The van der Waals surface area contributed by atoms with Gasteiger partial charge in [0.05, 0.1) is 0 Å². The number of fused-ring (bicyclic) bond motifs is 1. The minimum Gasteiger partial charge on any atom is -0.368 e. The molecule has 10 nitrogen and oxygen atoms in total. The second-order valence-corrected chi connectivity index (χ2v) is 13.6. The molecule has 38 heavy (non-hydrogen) atoms. The molecule has 0 bridgehead atoms. The van der Waals surface area contributed by atoms with Gasteiger partial charge in [-0.15, -0.1) is 0 Å². The topological polar surface area (TPSA) is 151 Å². The van der Waals surface area contributed by atoms with E-state index >= 15 is 0 Å². The van der Waals surface area contributed by atoms with Crippen molar-refractivity contribution in [2.45, 2.75) is 90.4 Å². The van der Waals surface area contributed by atoms with Crippen molar-refractivity contribution < 1.29 is 32.8 Å². The van der Waals surface area contributed by atoms with Gasteiger partial charge in [-0.3, -0.25) is 24.0 Å². The molecule has 3 rings (SSSR count). The summed E-state index contributed by atoms with van der Waals surface area (Å²) in [4.78, 5) is 65.1. The minimum atomic E-state index is -4.22. The predicted octanol–water partition coefficient (Wildman–Crippen LogP) is 1.11. The summed E-state index contributed by atoms with van der Waals surface area (Å²) in [6, 6.07) is -3.57. The van der Waals surface area contributed by atoms with E-state index in [4.69, 9.17) is 17.3 Å². The zero-order valence-electron chi connectivity index (χ0n) is 22.8. The number of primary amides is 1. The van der Waals surface area contributed by atoms with Gasteiger partial charge in [-0.25, -0.2) is 0 Å². The first-order chi connectivity index (χ1) is 17.1. The first-order valence-corrected chi connectivity index (χ1v) is 13.1. The third-order valence-electron chi connectivity index (χ3n) is 8.18. The Kier molecular flexibility index (Phi) is 7.59. The Morgan fingerprint density at radius 3 is 2.18 bits per heavy atom. The highest BCUT2D eigenvalue weighted by Crippen LogP contribution is 2.65. The smallest absolute Gasteiger partial charge is 0.368 e. The summed E-state index contributed by atoms with van der Waals surface area (Å²) >= 11 is 4.87. The fourth-order valence-corrected chi connectivity index (χ4v) is 6.07. The van der Waals surface area contributed by atoms with Crippen molar-refractivity contribution in [3.8, 4) is 0 Å². The molecule has 13 heteroatoms. The molecule has 0 spiro atoms. The number of nitrogens with one attached hydrogen (secondary N) is 3. The first-order valence-electron chi connectivity index (χ1n) is 12.7. The highest BCUT2D eigenvalue weighted by atomic mass is 35.5. The SMILES string of the molecule is CC1(C)CC(C[C@H](NC(=O)[C@@H]2[C@@H]3[C@H](CN2C(=O)[C@@H](NC(=O)C(F)(F)Cl)C(C)(C)C)C3(C)C)C(N)=O)C(=O)N1. The summed E-state index contributed by atoms with van der Waals surface area (Å²) < 4.78 is 26.9. The van der Waals surface area contributed by atoms with E-state index in [9.17, 15) is 32.8 Å². The second kappa shape index (κ2) is 9.60. The third-order valence-corrected chi connectivity index (χ3v) is 8.35. The van der Waals surface area contributed by atoms with E-state index < -0.39 is 64.0 Å².